The summed E-state index contributed by atoms with van der Waals surface area (Å²) in [6.07, 6.45) is 0.719. The smallest absolute Gasteiger partial charge is 0.161 e. The molecule has 0 aliphatic carbocycles. The molecule has 0 amide bonds. The molecule has 1 aromatic heterocycles. The van der Waals surface area contributed by atoms with Crippen LogP contribution >= 0.6 is 23.2 Å². The van der Waals surface area contributed by atoms with Gasteiger partial charge in [-0.3, -0.25) is 0 Å². The van der Waals surface area contributed by atoms with E-state index in [1.807, 2.05) is 0 Å². The number of halogens is 2. The normalized spacial score (nSPS) is 14.2. The van der Waals surface area contributed by atoms with E-state index < -0.39 is 0 Å². The van der Waals surface area contributed by atoms with Crippen molar-refractivity contribution in [1.29, 1.82) is 0 Å². The van der Waals surface area contributed by atoms with Gasteiger partial charge >= 0.3 is 0 Å². The monoisotopic (exact) mass is 296 g/mol. The Morgan fingerprint density at radius 1 is 1.21 bits per heavy atom. The van der Waals surface area contributed by atoms with Crippen molar-refractivity contribution in [2.75, 3.05) is 6.61 Å². The third-order valence-corrected chi connectivity index (χ3v) is 3.59. The summed E-state index contributed by atoms with van der Waals surface area (Å²) in [4.78, 5) is 8.76. The maximum absolute atomic E-state index is 9.42. The van der Waals surface area contributed by atoms with Crippen LogP contribution in [0.15, 0.2) is 18.2 Å². The van der Waals surface area contributed by atoms with Gasteiger partial charge < -0.3 is 9.84 Å². The Morgan fingerprint density at radius 2 is 2.05 bits per heavy atom. The Balaban J connectivity index is 2.10. The first-order valence-corrected chi connectivity index (χ1v) is 6.52. The van der Waals surface area contributed by atoms with Gasteiger partial charge in [-0.05, 0) is 18.2 Å². The summed E-state index contributed by atoms with van der Waals surface area (Å²) in [6, 6.07) is 4.84. The lowest BCUT2D eigenvalue weighted by Gasteiger charge is -2.17. The summed E-state index contributed by atoms with van der Waals surface area (Å²) < 4.78 is 5.34. The van der Waals surface area contributed by atoms with Crippen molar-refractivity contribution in [3.05, 3.63) is 39.6 Å². The van der Waals surface area contributed by atoms with Crippen LogP contribution in [0, 0.1) is 0 Å². The van der Waals surface area contributed by atoms with Crippen LogP contribution < -0.4 is 0 Å². The lowest BCUT2D eigenvalue weighted by Crippen LogP contribution is -2.14. The molecule has 0 atom stereocenters. The van der Waals surface area contributed by atoms with Gasteiger partial charge in [0.15, 0.2) is 5.82 Å². The molecule has 0 saturated carbocycles. The lowest BCUT2D eigenvalue weighted by atomic mass is 10.1. The Morgan fingerprint density at radius 3 is 2.84 bits per heavy atom. The SMILES string of the molecule is Oc1ccc(-c2nc(Cl)c3c(n2)CCOC3)cc1Cl. The average molecular weight is 297 g/mol. The Bertz CT molecular complexity index is 647. The number of nitrogens with zero attached hydrogens (tertiary/aromatic N) is 2. The van der Waals surface area contributed by atoms with Crippen molar-refractivity contribution < 1.29 is 9.84 Å². The van der Waals surface area contributed by atoms with Crippen molar-refractivity contribution in [2.45, 2.75) is 13.0 Å². The van der Waals surface area contributed by atoms with E-state index in [1.54, 1.807) is 12.1 Å². The van der Waals surface area contributed by atoms with E-state index in [0.717, 1.165) is 23.2 Å². The zero-order chi connectivity index (χ0) is 13.4. The van der Waals surface area contributed by atoms with Crippen LogP contribution in [0.3, 0.4) is 0 Å². The van der Waals surface area contributed by atoms with Crippen LogP contribution in [0.1, 0.15) is 11.3 Å². The van der Waals surface area contributed by atoms with Gasteiger partial charge in [-0.15, -0.1) is 0 Å². The highest BCUT2D eigenvalue weighted by Gasteiger charge is 2.18. The van der Waals surface area contributed by atoms with E-state index in [-0.39, 0.29) is 10.8 Å². The quantitative estimate of drug-likeness (QED) is 0.821. The van der Waals surface area contributed by atoms with Gasteiger partial charge in [-0.2, -0.15) is 0 Å². The van der Waals surface area contributed by atoms with Crippen LogP contribution in [0.5, 0.6) is 5.75 Å². The second-order valence-electron chi connectivity index (χ2n) is 4.23. The van der Waals surface area contributed by atoms with E-state index in [0.29, 0.717) is 24.2 Å². The molecule has 4 nitrogen and oxygen atoms in total. The number of fused-ring (bicyclic) bond motifs is 1. The van der Waals surface area contributed by atoms with Crippen molar-refractivity contribution in [3.8, 4) is 17.1 Å². The highest BCUT2D eigenvalue weighted by molar-refractivity contribution is 6.32. The van der Waals surface area contributed by atoms with E-state index in [4.69, 9.17) is 27.9 Å². The molecule has 0 radical (unpaired) electrons. The number of ether oxygens (including phenoxy) is 1. The molecule has 2 heterocycles. The predicted octanol–water partition coefficient (Wildman–Crippen LogP) is 3.23. The number of aromatic hydroxyl groups is 1. The first-order chi connectivity index (χ1) is 9.15. The minimum absolute atomic E-state index is 0.0304. The van der Waals surface area contributed by atoms with Crippen LogP contribution in [-0.4, -0.2) is 21.7 Å². The molecule has 6 heteroatoms. The van der Waals surface area contributed by atoms with E-state index >= 15 is 0 Å². The van der Waals surface area contributed by atoms with Crippen molar-refractivity contribution in [1.82, 2.24) is 9.97 Å². The second-order valence-corrected chi connectivity index (χ2v) is 5.00. The fourth-order valence-corrected chi connectivity index (χ4v) is 2.39. The maximum Gasteiger partial charge on any atom is 0.161 e. The minimum Gasteiger partial charge on any atom is -0.506 e. The Hall–Kier alpha value is -1.36. The third-order valence-electron chi connectivity index (χ3n) is 2.98. The Labute approximate surface area is 120 Å². The van der Waals surface area contributed by atoms with Gasteiger partial charge in [0.25, 0.3) is 0 Å². The van der Waals surface area contributed by atoms with E-state index in [9.17, 15) is 5.11 Å². The fourth-order valence-electron chi connectivity index (χ4n) is 1.97. The predicted molar refractivity (Wildman–Crippen MR) is 72.5 cm³/mol. The topological polar surface area (TPSA) is 55.2 Å². The molecular weight excluding hydrogens is 287 g/mol. The number of hydrogen-bond donors (Lipinski definition) is 1. The number of aromatic nitrogens is 2. The van der Waals surface area contributed by atoms with Crippen LogP contribution in [0.4, 0.5) is 0 Å². The van der Waals surface area contributed by atoms with Crippen molar-refractivity contribution >= 4 is 23.2 Å². The molecule has 0 saturated heterocycles. The molecular formula is C13H10Cl2N2O2. The number of phenolic OH excluding ortho intramolecular Hbond substituents is 1. The van der Waals surface area contributed by atoms with Crippen LogP contribution in [0.25, 0.3) is 11.4 Å². The van der Waals surface area contributed by atoms with Crippen molar-refractivity contribution in [3.63, 3.8) is 0 Å². The molecule has 3 rings (SSSR count). The summed E-state index contributed by atoms with van der Waals surface area (Å²) in [5.74, 6) is 0.537. The van der Waals surface area contributed by atoms with Gasteiger partial charge in [0.2, 0.25) is 0 Å². The largest absolute Gasteiger partial charge is 0.506 e. The first kappa shape index (κ1) is 12.7. The standard InChI is InChI=1S/C13H10Cl2N2O2/c14-9-5-7(1-2-11(9)18)13-16-10-3-4-19-6-8(10)12(15)17-13/h1-2,5,18H,3-4,6H2. The lowest BCUT2D eigenvalue weighted by molar-refractivity contribution is 0.109. The fraction of sp³-hybridized carbons (Fsp3) is 0.231. The summed E-state index contributed by atoms with van der Waals surface area (Å²) in [7, 11) is 0. The first-order valence-electron chi connectivity index (χ1n) is 5.77. The summed E-state index contributed by atoms with van der Waals surface area (Å²) >= 11 is 12.0. The minimum atomic E-state index is 0.0304. The number of benzene rings is 1. The molecule has 0 spiro atoms. The molecule has 0 unspecified atom stereocenters. The molecule has 1 aliphatic rings. The second kappa shape index (κ2) is 4.96. The number of rotatable bonds is 1. The van der Waals surface area contributed by atoms with E-state index in [1.165, 1.54) is 6.07 Å². The van der Waals surface area contributed by atoms with Crippen LogP contribution in [-0.2, 0) is 17.8 Å². The molecule has 0 bridgehead atoms. The zero-order valence-corrected chi connectivity index (χ0v) is 11.4. The molecule has 1 N–H and O–H groups in total. The molecule has 1 aromatic carbocycles. The summed E-state index contributed by atoms with van der Waals surface area (Å²) in [5, 5.41) is 10.1. The highest BCUT2D eigenvalue weighted by Crippen LogP contribution is 2.30. The third kappa shape index (κ3) is 2.39. The zero-order valence-electron chi connectivity index (χ0n) is 9.86. The summed E-state index contributed by atoms with van der Waals surface area (Å²) in [5.41, 5.74) is 2.48. The van der Waals surface area contributed by atoms with Crippen molar-refractivity contribution in [2.24, 2.45) is 0 Å². The van der Waals surface area contributed by atoms with E-state index in [2.05, 4.69) is 9.97 Å². The molecule has 2 aromatic rings. The van der Waals surface area contributed by atoms with Gasteiger partial charge in [-0.25, -0.2) is 9.97 Å². The van der Waals surface area contributed by atoms with Gasteiger partial charge in [0, 0.05) is 17.5 Å². The molecule has 98 valence electrons. The van der Waals surface area contributed by atoms with Crippen LogP contribution in [0.2, 0.25) is 10.2 Å². The number of phenols is 1. The highest BCUT2D eigenvalue weighted by atomic mass is 35.5. The maximum atomic E-state index is 9.42. The molecule has 19 heavy (non-hydrogen) atoms. The Kier molecular flexibility index (Phi) is 3.31. The van der Waals surface area contributed by atoms with Gasteiger partial charge in [-0.1, -0.05) is 23.2 Å². The van der Waals surface area contributed by atoms with Gasteiger partial charge in [0.1, 0.15) is 10.9 Å². The summed E-state index contributed by atoms with van der Waals surface area (Å²) in [6.45, 7) is 1.08. The molecule has 0 fully saturated rings. The average Bonchev–Trinajstić information content (AvgIpc) is 2.42. The number of hydrogen-bond acceptors (Lipinski definition) is 4. The van der Waals surface area contributed by atoms with Gasteiger partial charge in [0.05, 0.1) is 23.9 Å². The molecule has 1 aliphatic heterocycles.